The van der Waals surface area contributed by atoms with Gasteiger partial charge in [0.1, 0.15) is 10.4 Å². The fraction of sp³-hybridized carbons (Fsp3) is 0.0769. The van der Waals surface area contributed by atoms with Crippen LogP contribution in [0.15, 0.2) is 41.4 Å². The van der Waals surface area contributed by atoms with Crippen molar-refractivity contribution in [2.75, 3.05) is 12.4 Å². The second-order valence-electron chi connectivity index (χ2n) is 4.04. The van der Waals surface area contributed by atoms with Crippen LogP contribution in [0.25, 0.3) is 5.65 Å². The Kier molecular flexibility index (Phi) is 3.50. The van der Waals surface area contributed by atoms with E-state index < -0.39 is 0 Å². The largest absolute Gasteiger partial charge is 0.497 e. The quantitative estimate of drug-likeness (QED) is 0.776. The molecule has 0 aliphatic carbocycles. The van der Waals surface area contributed by atoms with E-state index in [4.69, 9.17) is 16.3 Å². The minimum atomic E-state index is 0.581. The molecule has 0 saturated carbocycles. The van der Waals surface area contributed by atoms with E-state index in [0.29, 0.717) is 32.5 Å². The van der Waals surface area contributed by atoms with Gasteiger partial charge in [-0.25, -0.2) is 9.97 Å². The van der Waals surface area contributed by atoms with E-state index in [2.05, 4.69) is 31.2 Å². The fourth-order valence-corrected chi connectivity index (χ4v) is 2.40. The molecule has 0 spiro atoms. The van der Waals surface area contributed by atoms with Crippen LogP contribution in [-0.2, 0) is 0 Å². The molecule has 0 bridgehead atoms. The Balaban J connectivity index is 2.07. The third-order valence-corrected chi connectivity index (χ3v) is 3.48. The molecule has 0 amide bonds. The topological polar surface area (TPSA) is 51.5 Å². The summed E-state index contributed by atoms with van der Waals surface area (Å²) in [4.78, 5) is 8.66. The number of imidazole rings is 1. The lowest BCUT2D eigenvalue weighted by atomic mass is 10.3. The molecule has 0 atom stereocenters. The Hall–Kier alpha value is -1.79. The van der Waals surface area contributed by atoms with Crippen LogP contribution in [0.2, 0.25) is 5.02 Å². The van der Waals surface area contributed by atoms with Crippen LogP contribution in [0.4, 0.5) is 11.5 Å². The van der Waals surface area contributed by atoms with Crippen LogP contribution in [0.3, 0.4) is 0 Å². The SMILES string of the molecule is COc1ccc(Cl)c(Nc2nc(Br)cn3ccnc23)c1. The van der Waals surface area contributed by atoms with E-state index in [1.807, 2.05) is 22.9 Å². The number of nitrogens with one attached hydrogen (secondary N) is 1. The number of anilines is 2. The number of halogens is 2. The average molecular weight is 354 g/mol. The maximum absolute atomic E-state index is 6.18. The summed E-state index contributed by atoms with van der Waals surface area (Å²) in [6, 6.07) is 5.38. The summed E-state index contributed by atoms with van der Waals surface area (Å²) in [5.41, 5.74) is 1.42. The van der Waals surface area contributed by atoms with Crippen molar-refractivity contribution in [3.05, 3.63) is 46.4 Å². The third kappa shape index (κ3) is 2.44. The molecule has 2 heterocycles. The minimum Gasteiger partial charge on any atom is -0.497 e. The molecular weight excluding hydrogens is 344 g/mol. The summed E-state index contributed by atoms with van der Waals surface area (Å²) >= 11 is 9.55. The normalized spacial score (nSPS) is 10.8. The van der Waals surface area contributed by atoms with Crippen molar-refractivity contribution >= 4 is 44.7 Å². The van der Waals surface area contributed by atoms with Crippen LogP contribution in [0.1, 0.15) is 0 Å². The molecule has 5 nitrogen and oxygen atoms in total. The van der Waals surface area contributed by atoms with Crippen molar-refractivity contribution in [2.24, 2.45) is 0 Å². The number of methoxy groups -OCH3 is 1. The van der Waals surface area contributed by atoms with Crippen molar-refractivity contribution in [3.63, 3.8) is 0 Å². The summed E-state index contributed by atoms with van der Waals surface area (Å²) < 4.78 is 7.76. The van der Waals surface area contributed by atoms with E-state index in [1.54, 1.807) is 25.4 Å². The standard InChI is InChI=1S/C13H10BrClN4O/c1-20-8-2-3-9(15)10(6-8)17-12-13-16-4-5-19(13)7-11(14)18-12/h2-7H,1H3,(H,17,18). The first-order chi connectivity index (χ1) is 9.67. The van der Waals surface area contributed by atoms with Gasteiger partial charge in [0.25, 0.3) is 0 Å². The predicted octanol–water partition coefficient (Wildman–Crippen LogP) is 3.90. The van der Waals surface area contributed by atoms with Gasteiger partial charge in [0.15, 0.2) is 11.5 Å². The first kappa shape index (κ1) is 13.2. The minimum absolute atomic E-state index is 0.581. The Morgan fingerprint density at radius 1 is 1.40 bits per heavy atom. The highest BCUT2D eigenvalue weighted by Crippen LogP contribution is 2.30. The third-order valence-electron chi connectivity index (χ3n) is 2.77. The van der Waals surface area contributed by atoms with Crippen LogP contribution in [0.5, 0.6) is 5.75 Å². The van der Waals surface area contributed by atoms with Gasteiger partial charge in [-0.1, -0.05) is 11.6 Å². The van der Waals surface area contributed by atoms with Gasteiger partial charge < -0.3 is 14.5 Å². The molecule has 0 aliphatic heterocycles. The number of benzene rings is 1. The first-order valence-electron chi connectivity index (χ1n) is 5.77. The van der Waals surface area contributed by atoms with Crippen molar-refractivity contribution in [1.82, 2.24) is 14.4 Å². The lowest BCUT2D eigenvalue weighted by Gasteiger charge is -2.10. The van der Waals surface area contributed by atoms with Gasteiger partial charge in [-0.05, 0) is 28.1 Å². The maximum Gasteiger partial charge on any atom is 0.180 e. The predicted molar refractivity (Wildman–Crippen MR) is 82.0 cm³/mol. The zero-order chi connectivity index (χ0) is 14.1. The van der Waals surface area contributed by atoms with E-state index in [0.717, 1.165) is 0 Å². The monoisotopic (exact) mass is 352 g/mol. The molecule has 20 heavy (non-hydrogen) atoms. The molecule has 0 saturated heterocycles. The summed E-state index contributed by atoms with van der Waals surface area (Å²) in [5, 5.41) is 3.76. The zero-order valence-corrected chi connectivity index (χ0v) is 12.8. The number of aromatic nitrogens is 3. The second-order valence-corrected chi connectivity index (χ2v) is 5.26. The number of rotatable bonds is 3. The van der Waals surface area contributed by atoms with Crippen molar-refractivity contribution in [1.29, 1.82) is 0 Å². The van der Waals surface area contributed by atoms with Crippen LogP contribution >= 0.6 is 27.5 Å². The fourth-order valence-electron chi connectivity index (χ4n) is 1.84. The smallest absolute Gasteiger partial charge is 0.180 e. The Labute approximate surface area is 128 Å². The molecule has 0 aliphatic rings. The number of fused-ring (bicyclic) bond motifs is 1. The second kappa shape index (κ2) is 5.30. The maximum atomic E-state index is 6.18. The van der Waals surface area contributed by atoms with E-state index in [1.165, 1.54) is 0 Å². The van der Waals surface area contributed by atoms with E-state index >= 15 is 0 Å². The highest BCUT2D eigenvalue weighted by atomic mass is 79.9. The van der Waals surface area contributed by atoms with Gasteiger partial charge in [-0.2, -0.15) is 0 Å². The highest BCUT2D eigenvalue weighted by Gasteiger charge is 2.09. The van der Waals surface area contributed by atoms with Gasteiger partial charge in [-0.3, -0.25) is 0 Å². The summed E-state index contributed by atoms with van der Waals surface area (Å²) in [5.74, 6) is 1.32. The van der Waals surface area contributed by atoms with E-state index in [9.17, 15) is 0 Å². The number of hydrogen-bond acceptors (Lipinski definition) is 4. The Morgan fingerprint density at radius 3 is 3.05 bits per heavy atom. The summed E-state index contributed by atoms with van der Waals surface area (Å²) in [7, 11) is 1.61. The number of ether oxygens (including phenoxy) is 1. The zero-order valence-electron chi connectivity index (χ0n) is 10.5. The van der Waals surface area contributed by atoms with Crippen LogP contribution in [0, 0.1) is 0 Å². The molecule has 7 heteroatoms. The molecule has 2 aromatic heterocycles. The van der Waals surface area contributed by atoms with Gasteiger partial charge in [0.2, 0.25) is 0 Å². The molecule has 3 aromatic rings. The molecule has 102 valence electrons. The lowest BCUT2D eigenvalue weighted by Crippen LogP contribution is -1.99. The molecule has 0 unspecified atom stereocenters. The number of nitrogens with zero attached hydrogens (tertiary/aromatic N) is 3. The molecule has 0 radical (unpaired) electrons. The van der Waals surface area contributed by atoms with Crippen LogP contribution < -0.4 is 10.1 Å². The van der Waals surface area contributed by atoms with Crippen LogP contribution in [-0.4, -0.2) is 21.5 Å². The summed E-state index contributed by atoms with van der Waals surface area (Å²) in [6.45, 7) is 0. The van der Waals surface area contributed by atoms with Gasteiger partial charge in [0, 0.05) is 24.7 Å². The average Bonchev–Trinajstić information content (AvgIpc) is 2.89. The molecule has 1 aromatic carbocycles. The van der Waals surface area contributed by atoms with Crippen molar-refractivity contribution < 1.29 is 4.74 Å². The van der Waals surface area contributed by atoms with Crippen molar-refractivity contribution in [3.8, 4) is 5.75 Å². The lowest BCUT2D eigenvalue weighted by molar-refractivity contribution is 0.415. The summed E-state index contributed by atoms with van der Waals surface area (Å²) in [6.07, 6.45) is 5.39. The molecular formula is C13H10BrClN4O. The number of hydrogen-bond donors (Lipinski definition) is 1. The molecule has 1 N–H and O–H groups in total. The van der Waals surface area contributed by atoms with Gasteiger partial charge >= 0.3 is 0 Å². The Morgan fingerprint density at radius 2 is 2.25 bits per heavy atom. The first-order valence-corrected chi connectivity index (χ1v) is 6.94. The molecule has 3 rings (SSSR count). The highest BCUT2D eigenvalue weighted by molar-refractivity contribution is 9.10. The van der Waals surface area contributed by atoms with Gasteiger partial charge in [0.05, 0.1) is 17.8 Å². The van der Waals surface area contributed by atoms with Gasteiger partial charge in [-0.15, -0.1) is 0 Å². The molecule has 0 fully saturated rings. The van der Waals surface area contributed by atoms with Crippen molar-refractivity contribution in [2.45, 2.75) is 0 Å². The van der Waals surface area contributed by atoms with E-state index in [-0.39, 0.29) is 0 Å². The Bertz CT molecular complexity index is 774.